The maximum atomic E-state index is 14.7. The quantitative estimate of drug-likeness (QED) is 0.198. The molecule has 38 heavy (non-hydrogen) atoms. The highest BCUT2D eigenvalue weighted by molar-refractivity contribution is 7.87. The van der Waals surface area contributed by atoms with Gasteiger partial charge in [-0.3, -0.25) is 0 Å². The van der Waals surface area contributed by atoms with E-state index in [0.29, 0.717) is 0 Å². The second kappa shape index (κ2) is 9.71. The Balaban J connectivity index is 1.49. The second-order valence-corrected chi connectivity index (χ2v) is 10.3. The van der Waals surface area contributed by atoms with Gasteiger partial charge >= 0.3 is 0 Å². The van der Waals surface area contributed by atoms with E-state index in [1.54, 1.807) is 4.90 Å². The van der Waals surface area contributed by atoms with Crippen molar-refractivity contribution in [2.75, 3.05) is 30.3 Å². The van der Waals surface area contributed by atoms with Gasteiger partial charge in [0.25, 0.3) is 10.2 Å². The lowest BCUT2D eigenvalue weighted by Gasteiger charge is -2.37. The molecule has 2 aliphatic rings. The standard InChI is InChI=1S/C22H23F2N7O6S/c23-14-3-11(30-7-12(32)8-30)4-15(24)13(14)2-1-10-6-31(21-17(10)20(25)27-9-28-21)22-19(34)18(33)16(37-22)5-29-38(26,35)36/h3-4,6,9,12,16,18-19,22,29,32-34H,5,7-8H2,(H2,25,27,28)(H2,26,35,36)/t16-,18-,19-,22-/m1/s1. The van der Waals surface area contributed by atoms with Crippen LogP contribution in [-0.2, 0) is 14.9 Å². The first kappa shape index (κ1) is 26.2. The third-order valence-corrected chi connectivity index (χ3v) is 6.88. The van der Waals surface area contributed by atoms with E-state index in [2.05, 4.69) is 21.8 Å². The fourth-order valence-electron chi connectivity index (χ4n) is 4.38. The van der Waals surface area contributed by atoms with E-state index >= 15 is 0 Å². The van der Waals surface area contributed by atoms with Gasteiger partial charge in [-0.2, -0.15) is 13.1 Å². The second-order valence-electron chi connectivity index (χ2n) is 8.94. The van der Waals surface area contributed by atoms with E-state index in [9.17, 15) is 32.5 Å². The summed E-state index contributed by atoms with van der Waals surface area (Å²) in [7, 11) is -4.08. The van der Waals surface area contributed by atoms with Gasteiger partial charge in [-0.1, -0.05) is 11.8 Å². The summed E-state index contributed by atoms with van der Waals surface area (Å²) in [5, 5.41) is 35.6. The number of fused-ring (bicyclic) bond motifs is 1. The number of aliphatic hydroxyl groups excluding tert-OH is 3. The molecule has 2 saturated heterocycles. The van der Waals surface area contributed by atoms with E-state index in [0.717, 1.165) is 18.5 Å². The van der Waals surface area contributed by atoms with Gasteiger partial charge in [0.1, 0.15) is 47.7 Å². The number of nitrogen functional groups attached to an aromatic ring is 1. The fourth-order valence-corrected chi connectivity index (χ4v) is 4.78. The molecule has 5 rings (SSSR count). The van der Waals surface area contributed by atoms with Crippen LogP contribution < -0.4 is 20.5 Å². The number of aromatic nitrogens is 3. The van der Waals surface area contributed by atoms with Crippen molar-refractivity contribution >= 4 is 32.7 Å². The molecule has 0 spiro atoms. The largest absolute Gasteiger partial charge is 0.389 e. The summed E-state index contributed by atoms with van der Waals surface area (Å²) in [5.41, 5.74) is 6.11. The summed E-state index contributed by atoms with van der Waals surface area (Å²) < 4.78 is 60.9. The zero-order valence-electron chi connectivity index (χ0n) is 19.5. The summed E-state index contributed by atoms with van der Waals surface area (Å²) in [6.45, 7) is 0.123. The van der Waals surface area contributed by atoms with Crippen LogP contribution in [0.1, 0.15) is 17.4 Å². The highest BCUT2D eigenvalue weighted by Crippen LogP contribution is 2.34. The maximum Gasteiger partial charge on any atom is 0.274 e. The van der Waals surface area contributed by atoms with E-state index in [1.807, 2.05) is 4.72 Å². The number of aliphatic hydroxyl groups is 3. The monoisotopic (exact) mass is 551 g/mol. The van der Waals surface area contributed by atoms with E-state index in [-0.39, 0.29) is 41.2 Å². The van der Waals surface area contributed by atoms with Crippen LogP contribution in [0.4, 0.5) is 20.3 Å². The van der Waals surface area contributed by atoms with Crippen LogP contribution in [-0.4, -0.2) is 82.3 Å². The number of ether oxygens (including phenoxy) is 1. The van der Waals surface area contributed by atoms with E-state index in [4.69, 9.17) is 15.6 Å². The Hall–Kier alpha value is -3.43. The Morgan fingerprint density at radius 3 is 2.45 bits per heavy atom. The topological polar surface area (TPSA) is 202 Å². The van der Waals surface area contributed by atoms with Crippen molar-refractivity contribution in [3.8, 4) is 11.8 Å². The summed E-state index contributed by atoms with van der Waals surface area (Å²) >= 11 is 0. The predicted octanol–water partition coefficient (Wildman–Crippen LogP) is -1.72. The summed E-state index contributed by atoms with van der Waals surface area (Å²) in [6, 6.07) is 2.25. The van der Waals surface area contributed by atoms with Crippen LogP contribution in [0.15, 0.2) is 24.7 Å². The van der Waals surface area contributed by atoms with Crippen LogP contribution in [0.2, 0.25) is 0 Å². The average molecular weight is 552 g/mol. The predicted molar refractivity (Wildman–Crippen MR) is 130 cm³/mol. The summed E-state index contributed by atoms with van der Waals surface area (Å²) in [4.78, 5) is 9.69. The molecular formula is C22H23F2N7O6S. The smallest absolute Gasteiger partial charge is 0.274 e. The Bertz CT molecular complexity index is 1540. The Morgan fingerprint density at radius 1 is 1.13 bits per heavy atom. The Kier molecular flexibility index (Phi) is 6.69. The van der Waals surface area contributed by atoms with Gasteiger partial charge in [0.15, 0.2) is 6.23 Å². The first-order valence-corrected chi connectivity index (χ1v) is 12.8. The number of anilines is 2. The molecule has 13 nitrogen and oxygen atoms in total. The van der Waals surface area contributed by atoms with Crippen molar-refractivity contribution in [3.63, 3.8) is 0 Å². The van der Waals surface area contributed by atoms with Gasteiger partial charge in [0.05, 0.1) is 22.6 Å². The molecule has 2 aliphatic heterocycles. The van der Waals surface area contributed by atoms with Crippen LogP contribution >= 0.6 is 0 Å². The summed E-state index contributed by atoms with van der Waals surface area (Å²) in [6.07, 6.45) is -3.45. The molecular weight excluding hydrogens is 528 g/mol. The molecule has 2 aromatic heterocycles. The minimum Gasteiger partial charge on any atom is -0.389 e. The zero-order chi connectivity index (χ0) is 27.4. The number of nitrogens with one attached hydrogen (secondary N) is 1. The van der Waals surface area contributed by atoms with Crippen LogP contribution in [0.3, 0.4) is 0 Å². The molecule has 202 valence electrons. The molecule has 0 bridgehead atoms. The molecule has 0 aliphatic carbocycles. The van der Waals surface area contributed by atoms with Crippen molar-refractivity contribution in [1.29, 1.82) is 0 Å². The van der Waals surface area contributed by atoms with Gasteiger partial charge in [0, 0.05) is 31.5 Å². The highest BCUT2D eigenvalue weighted by Gasteiger charge is 2.44. The molecule has 16 heteroatoms. The molecule has 0 unspecified atom stereocenters. The van der Waals surface area contributed by atoms with E-state index < -0.39 is 64.6 Å². The van der Waals surface area contributed by atoms with E-state index in [1.165, 1.54) is 10.8 Å². The molecule has 0 amide bonds. The van der Waals surface area contributed by atoms with Crippen molar-refractivity contribution in [2.24, 2.45) is 5.14 Å². The third kappa shape index (κ3) is 4.88. The maximum absolute atomic E-state index is 14.7. The molecule has 2 fully saturated rings. The van der Waals surface area contributed by atoms with Gasteiger partial charge in [-0.15, -0.1) is 0 Å². The van der Waals surface area contributed by atoms with Crippen LogP contribution in [0.25, 0.3) is 11.0 Å². The molecule has 0 radical (unpaired) electrons. The molecule has 1 aromatic carbocycles. The molecule has 4 heterocycles. The minimum absolute atomic E-state index is 0.00819. The molecule has 8 N–H and O–H groups in total. The Labute approximate surface area is 214 Å². The summed E-state index contributed by atoms with van der Waals surface area (Å²) in [5.74, 6) is 3.32. The number of hydrogen-bond acceptors (Lipinski definition) is 10. The third-order valence-electron chi connectivity index (χ3n) is 6.31. The number of halogens is 2. The van der Waals surface area contributed by atoms with Crippen molar-refractivity contribution in [1.82, 2.24) is 19.3 Å². The zero-order valence-corrected chi connectivity index (χ0v) is 20.3. The van der Waals surface area contributed by atoms with Crippen LogP contribution in [0.5, 0.6) is 0 Å². The lowest BCUT2D eigenvalue weighted by atomic mass is 10.1. The van der Waals surface area contributed by atoms with Gasteiger partial charge in [0.2, 0.25) is 0 Å². The van der Waals surface area contributed by atoms with Crippen LogP contribution in [0, 0.1) is 23.5 Å². The number of nitrogens with two attached hydrogens (primary N) is 2. The normalized spacial score (nSPS) is 23.9. The lowest BCUT2D eigenvalue weighted by molar-refractivity contribution is -0.0327. The first-order valence-electron chi connectivity index (χ1n) is 11.3. The number of β-amino-alcohol motifs (C(OH)–C–C–N with tert-alkyl or cyclic N) is 1. The average Bonchev–Trinajstić information content (AvgIpc) is 3.32. The first-order chi connectivity index (χ1) is 17.9. The number of rotatable bonds is 5. The fraction of sp³-hybridized carbons (Fsp3) is 0.364. The van der Waals surface area contributed by atoms with Gasteiger partial charge in [-0.25, -0.2) is 23.9 Å². The lowest BCUT2D eigenvalue weighted by Crippen LogP contribution is -2.50. The Morgan fingerprint density at radius 2 is 1.82 bits per heavy atom. The van der Waals surface area contributed by atoms with Crippen molar-refractivity contribution in [2.45, 2.75) is 30.6 Å². The van der Waals surface area contributed by atoms with Crippen molar-refractivity contribution < 1.29 is 37.3 Å². The highest BCUT2D eigenvalue weighted by atomic mass is 32.2. The SMILES string of the molecule is Nc1ncnc2c1c(C#Cc1c(F)cc(N3CC(O)C3)cc1F)cn2[C@@H]1O[C@H](CNS(N)(=O)=O)[C@@H](O)[C@H]1O. The molecule has 0 saturated carbocycles. The van der Waals surface area contributed by atoms with Crippen molar-refractivity contribution in [3.05, 3.63) is 47.4 Å². The van der Waals surface area contributed by atoms with Gasteiger partial charge in [-0.05, 0) is 12.1 Å². The number of hydrogen-bond donors (Lipinski definition) is 6. The number of nitrogens with zero attached hydrogens (tertiary/aromatic N) is 4. The van der Waals surface area contributed by atoms with Gasteiger partial charge < -0.3 is 35.3 Å². The molecule has 4 atom stereocenters. The minimum atomic E-state index is -4.08. The number of benzene rings is 1. The molecule has 3 aromatic rings.